The Morgan fingerprint density at radius 2 is 1.93 bits per heavy atom. The fraction of sp³-hybridized carbons (Fsp3) is 0.190. The Kier molecular flexibility index (Phi) is 6.12. The van der Waals surface area contributed by atoms with E-state index in [0.29, 0.717) is 24.1 Å². The van der Waals surface area contributed by atoms with Crippen molar-refractivity contribution in [3.63, 3.8) is 0 Å². The zero-order valence-electron chi connectivity index (χ0n) is 15.9. The van der Waals surface area contributed by atoms with Crippen molar-refractivity contribution in [3.8, 4) is 16.3 Å². The fourth-order valence-electron chi connectivity index (χ4n) is 2.82. The van der Waals surface area contributed by atoms with Crippen molar-refractivity contribution < 1.29 is 4.74 Å². The minimum absolute atomic E-state index is 0.204. The molecule has 0 saturated carbocycles. The number of thioether (sulfide) groups is 1. The highest BCUT2D eigenvalue weighted by molar-refractivity contribution is 7.98. The second-order valence-electron chi connectivity index (χ2n) is 6.27. The van der Waals surface area contributed by atoms with Crippen LogP contribution in [0.1, 0.15) is 18.2 Å². The number of thiazole rings is 1. The van der Waals surface area contributed by atoms with Gasteiger partial charge in [-0.25, -0.2) is 14.9 Å². The number of rotatable bonds is 8. The minimum atomic E-state index is -0.204. The number of aromatic amines is 1. The summed E-state index contributed by atoms with van der Waals surface area (Å²) in [4.78, 5) is 16.8. The lowest BCUT2D eigenvalue weighted by molar-refractivity contribution is 0.340. The van der Waals surface area contributed by atoms with E-state index >= 15 is 0 Å². The molecule has 4 aromatic rings. The molecule has 0 saturated heterocycles. The van der Waals surface area contributed by atoms with Crippen LogP contribution in [-0.2, 0) is 12.3 Å². The quantitative estimate of drug-likeness (QED) is 0.424. The number of hydrogen-bond acceptors (Lipinski definition) is 6. The first-order valence-corrected chi connectivity index (χ1v) is 11.1. The van der Waals surface area contributed by atoms with E-state index < -0.39 is 0 Å². The van der Waals surface area contributed by atoms with E-state index in [-0.39, 0.29) is 5.69 Å². The van der Waals surface area contributed by atoms with Crippen LogP contribution >= 0.6 is 23.1 Å². The number of nitrogens with zero attached hydrogens (tertiary/aromatic N) is 3. The molecule has 0 bridgehead atoms. The van der Waals surface area contributed by atoms with E-state index in [0.717, 1.165) is 27.6 Å². The van der Waals surface area contributed by atoms with Crippen molar-refractivity contribution in [3.05, 3.63) is 81.7 Å². The molecule has 8 heteroatoms. The largest absolute Gasteiger partial charge is 0.494 e. The summed E-state index contributed by atoms with van der Waals surface area (Å²) in [5.41, 5.74) is 2.88. The van der Waals surface area contributed by atoms with Crippen LogP contribution in [0, 0.1) is 0 Å². The van der Waals surface area contributed by atoms with Crippen LogP contribution < -0.4 is 10.4 Å². The molecule has 0 spiro atoms. The summed E-state index contributed by atoms with van der Waals surface area (Å²) in [7, 11) is 0. The van der Waals surface area contributed by atoms with Crippen LogP contribution in [0.3, 0.4) is 0 Å². The van der Waals surface area contributed by atoms with E-state index in [1.165, 1.54) is 11.8 Å². The summed E-state index contributed by atoms with van der Waals surface area (Å²) >= 11 is 3.11. The Morgan fingerprint density at radius 1 is 1.14 bits per heavy atom. The van der Waals surface area contributed by atoms with Gasteiger partial charge in [0.05, 0.1) is 18.8 Å². The van der Waals surface area contributed by atoms with Gasteiger partial charge in [-0.15, -0.1) is 16.4 Å². The van der Waals surface area contributed by atoms with Gasteiger partial charge in [-0.2, -0.15) is 0 Å². The summed E-state index contributed by atoms with van der Waals surface area (Å²) in [6.07, 6.45) is 0. The van der Waals surface area contributed by atoms with Gasteiger partial charge in [0.15, 0.2) is 5.16 Å². The molecule has 0 amide bonds. The van der Waals surface area contributed by atoms with Gasteiger partial charge in [0.2, 0.25) is 0 Å². The Labute approximate surface area is 176 Å². The second kappa shape index (κ2) is 9.11. The minimum Gasteiger partial charge on any atom is -0.494 e. The van der Waals surface area contributed by atoms with Crippen molar-refractivity contribution in [1.29, 1.82) is 0 Å². The number of ether oxygens (including phenoxy) is 1. The standard InChI is InChI=1S/C21H20N4O2S2/c1-2-27-18-10-8-16(9-11-18)19-22-17(13-28-19)14-29-21-24-23-20(26)25(21)12-15-6-4-3-5-7-15/h3-11,13H,2,12,14H2,1H3,(H,23,26). The Hall–Kier alpha value is -2.84. The molecule has 4 rings (SSSR count). The van der Waals surface area contributed by atoms with E-state index in [1.807, 2.05) is 66.9 Å². The molecule has 148 valence electrons. The molecule has 6 nitrogen and oxygen atoms in total. The maximum Gasteiger partial charge on any atom is 0.344 e. The Balaban J connectivity index is 1.43. The third-order valence-corrected chi connectivity index (χ3v) is 6.17. The van der Waals surface area contributed by atoms with Crippen LogP contribution in [-0.4, -0.2) is 26.4 Å². The van der Waals surface area contributed by atoms with E-state index in [1.54, 1.807) is 15.9 Å². The Morgan fingerprint density at radius 3 is 2.69 bits per heavy atom. The number of benzene rings is 2. The van der Waals surface area contributed by atoms with Gasteiger partial charge in [-0.1, -0.05) is 42.1 Å². The highest BCUT2D eigenvalue weighted by Crippen LogP contribution is 2.28. The zero-order chi connectivity index (χ0) is 20.1. The van der Waals surface area contributed by atoms with Gasteiger partial charge in [0.25, 0.3) is 0 Å². The predicted molar refractivity (Wildman–Crippen MR) is 117 cm³/mol. The highest BCUT2D eigenvalue weighted by atomic mass is 32.2. The summed E-state index contributed by atoms with van der Waals surface area (Å²) in [5, 5.41) is 10.4. The molecule has 0 fully saturated rings. The second-order valence-corrected chi connectivity index (χ2v) is 8.07. The van der Waals surface area contributed by atoms with Gasteiger partial charge in [-0.05, 0) is 36.8 Å². The molecule has 0 atom stereocenters. The maximum atomic E-state index is 12.1. The third-order valence-electron chi connectivity index (χ3n) is 4.22. The van der Waals surface area contributed by atoms with Crippen molar-refractivity contribution in [1.82, 2.24) is 19.7 Å². The number of hydrogen-bond donors (Lipinski definition) is 1. The first-order chi connectivity index (χ1) is 14.2. The molecule has 0 aliphatic carbocycles. The van der Waals surface area contributed by atoms with E-state index in [4.69, 9.17) is 9.72 Å². The van der Waals surface area contributed by atoms with Gasteiger partial charge in [-0.3, -0.25) is 4.57 Å². The smallest absolute Gasteiger partial charge is 0.344 e. The lowest BCUT2D eigenvalue weighted by atomic mass is 10.2. The molecular formula is C21H20N4O2S2. The van der Waals surface area contributed by atoms with Crippen molar-refractivity contribution in [2.24, 2.45) is 0 Å². The molecule has 2 aromatic carbocycles. The molecule has 1 N–H and O–H groups in total. The van der Waals surface area contributed by atoms with Crippen LogP contribution in [0.4, 0.5) is 0 Å². The zero-order valence-corrected chi connectivity index (χ0v) is 17.5. The van der Waals surface area contributed by atoms with Crippen molar-refractivity contribution in [2.75, 3.05) is 6.61 Å². The highest BCUT2D eigenvalue weighted by Gasteiger charge is 2.12. The SMILES string of the molecule is CCOc1ccc(-c2nc(CSc3n[nH]c(=O)n3Cc3ccccc3)cs2)cc1. The maximum absolute atomic E-state index is 12.1. The van der Waals surface area contributed by atoms with E-state index in [9.17, 15) is 4.79 Å². The molecule has 2 heterocycles. The lowest BCUT2D eigenvalue weighted by Crippen LogP contribution is -2.18. The molecule has 0 aliphatic rings. The molecule has 0 unspecified atom stereocenters. The molecule has 0 radical (unpaired) electrons. The van der Waals surface area contributed by atoms with Gasteiger partial charge in [0, 0.05) is 16.7 Å². The molecule has 29 heavy (non-hydrogen) atoms. The van der Waals surface area contributed by atoms with Crippen LogP contribution in [0.5, 0.6) is 5.75 Å². The average molecular weight is 425 g/mol. The Bertz CT molecular complexity index is 1120. The molecule has 2 aromatic heterocycles. The number of nitrogens with one attached hydrogen (secondary N) is 1. The van der Waals surface area contributed by atoms with Gasteiger partial charge in [0.1, 0.15) is 10.8 Å². The lowest BCUT2D eigenvalue weighted by Gasteiger charge is -2.05. The van der Waals surface area contributed by atoms with Crippen LogP contribution in [0.2, 0.25) is 0 Å². The topological polar surface area (TPSA) is 72.8 Å². The van der Waals surface area contributed by atoms with Gasteiger partial charge >= 0.3 is 5.69 Å². The normalized spacial score (nSPS) is 10.9. The number of aromatic nitrogens is 4. The van der Waals surface area contributed by atoms with Crippen LogP contribution in [0.25, 0.3) is 10.6 Å². The monoisotopic (exact) mass is 424 g/mol. The van der Waals surface area contributed by atoms with E-state index in [2.05, 4.69) is 10.2 Å². The van der Waals surface area contributed by atoms with Crippen LogP contribution in [0.15, 0.2) is 69.9 Å². The first-order valence-electron chi connectivity index (χ1n) is 9.22. The third kappa shape index (κ3) is 4.78. The summed E-state index contributed by atoms with van der Waals surface area (Å²) in [6.45, 7) is 3.12. The first kappa shape index (κ1) is 19.5. The predicted octanol–water partition coefficient (Wildman–Crippen LogP) is 4.43. The number of H-pyrrole nitrogens is 1. The fourth-order valence-corrected chi connectivity index (χ4v) is 4.59. The van der Waals surface area contributed by atoms with Crippen molar-refractivity contribution >= 4 is 23.1 Å². The molecular weight excluding hydrogens is 404 g/mol. The summed E-state index contributed by atoms with van der Waals surface area (Å²) in [5.74, 6) is 1.51. The average Bonchev–Trinajstić information content (AvgIpc) is 3.36. The summed E-state index contributed by atoms with van der Waals surface area (Å²) < 4.78 is 7.14. The van der Waals surface area contributed by atoms with Crippen molar-refractivity contribution in [2.45, 2.75) is 24.4 Å². The summed E-state index contributed by atoms with van der Waals surface area (Å²) in [6, 6.07) is 17.8. The molecule has 0 aliphatic heterocycles. The van der Waals surface area contributed by atoms with Gasteiger partial charge < -0.3 is 4.74 Å².